The molecule has 0 aliphatic carbocycles. The minimum atomic E-state index is 0.720. The zero-order valence-electron chi connectivity index (χ0n) is 13.6. The van der Waals surface area contributed by atoms with Gasteiger partial charge in [0, 0.05) is 37.4 Å². The first-order valence-corrected chi connectivity index (χ1v) is 8.11. The number of nitrogens with zero attached hydrogens (tertiary/aromatic N) is 4. The van der Waals surface area contributed by atoms with E-state index in [0.29, 0.717) is 0 Å². The van der Waals surface area contributed by atoms with E-state index in [2.05, 4.69) is 16.0 Å². The first kappa shape index (κ1) is 14.7. The number of aryl methyl sites for hydroxylation is 1. The molecule has 122 valence electrons. The zero-order valence-corrected chi connectivity index (χ0v) is 13.6. The second-order valence-corrected chi connectivity index (χ2v) is 6.08. The van der Waals surface area contributed by atoms with E-state index < -0.39 is 0 Å². The SMILES string of the molecule is Cc1cc2c(N3CCN(C=O)CC3)nc(-c3ccccc3)nc2[nH]1. The first-order chi connectivity index (χ1) is 11.7. The lowest BCUT2D eigenvalue weighted by Crippen LogP contribution is -2.46. The number of piperazine rings is 1. The molecule has 1 saturated heterocycles. The van der Waals surface area contributed by atoms with Crippen molar-refractivity contribution in [2.75, 3.05) is 31.1 Å². The molecule has 1 aliphatic rings. The number of benzene rings is 1. The number of aromatic amines is 1. The summed E-state index contributed by atoms with van der Waals surface area (Å²) in [6, 6.07) is 12.1. The third kappa shape index (κ3) is 2.60. The van der Waals surface area contributed by atoms with Gasteiger partial charge < -0.3 is 14.8 Å². The van der Waals surface area contributed by atoms with Gasteiger partial charge in [-0.25, -0.2) is 9.97 Å². The van der Waals surface area contributed by atoms with E-state index in [-0.39, 0.29) is 0 Å². The number of carbonyl (C=O) groups excluding carboxylic acids is 1. The van der Waals surface area contributed by atoms with E-state index in [1.807, 2.05) is 37.3 Å². The number of hydrogen-bond acceptors (Lipinski definition) is 4. The van der Waals surface area contributed by atoms with Crippen LogP contribution in [-0.4, -0.2) is 52.4 Å². The lowest BCUT2D eigenvalue weighted by atomic mass is 10.2. The van der Waals surface area contributed by atoms with Crippen LogP contribution in [0.15, 0.2) is 36.4 Å². The number of hydrogen-bond donors (Lipinski definition) is 1. The molecule has 24 heavy (non-hydrogen) atoms. The topological polar surface area (TPSA) is 65.1 Å². The van der Waals surface area contributed by atoms with E-state index >= 15 is 0 Å². The van der Waals surface area contributed by atoms with Crippen molar-refractivity contribution in [3.63, 3.8) is 0 Å². The highest BCUT2D eigenvalue weighted by Gasteiger charge is 2.21. The van der Waals surface area contributed by atoms with Gasteiger partial charge in [-0.05, 0) is 13.0 Å². The lowest BCUT2D eigenvalue weighted by Gasteiger charge is -2.33. The molecule has 3 heterocycles. The summed E-state index contributed by atoms with van der Waals surface area (Å²) in [5, 5.41) is 1.03. The van der Waals surface area contributed by atoms with Crippen LogP contribution in [0.1, 0.15) is 5.69 Å². The Balaban J connectivity index is 1.80. The maximum Gasteiger partial charge on any atom is 0.209 e. The average Bonchev–Trinajstić information content (AvgIpc) is 3.02. The fourth-order valence-corrected chi connectivity index (χ4v) is 3.12. The summed E-state index contributed by atoms with van der Waals surface area (Å²) in [5.41, 5.74) is 2.92. The van der Waals surface area contributed by atoms with Gasteiger partial charge >= 0.3 is 0 Å². The van der Waals surface area contributed by atoms with Crippen LogP contribution >= 0.6 is 0 Å². The molecule has 0 atom stereocenters. The van der Waals surface area contributed by atoms with Crippen molar-refractivity contribution in [1.82, 2.24) is 19.9 Å². The van der Waals surface area contributed by atoms with E-state index in [1.165, 1.54) is 0 Å². The predicted molar refractivity (Wildman–Crippen MR) is 93.9 cm³/mol. The number of fused-ring (bicyclic) bond motifs is 1. The summed E-state index contributed by atoms with van der Waals surface area (Å²) >= 11 is 0. The zero-order chi connectivity index (χ0) is 16.5. The van der Waals surface area contributed by atoms with Crippen LogP contribution in [0, 0.1) is 6.92 Å². The van der Waals surface area contributed by atoms with Crippen LogP contribution in [-0.2, 0) is 4.79 Å². The van der Waals surface area contributed by atoms with Crippen molar-refractivity contribution in [3.8, 4) is 11.4 Å². The molecule has 0 radical (unpaired) electrons. The number of H-pyrrole nitrogens is 1. The van der Waals surface area contributed by atoms with Crippen LogP contribution in [0.4, 0.5) is 5.82 Å². The summed E-state index contributed by atoms with van der Waals surface area (Å²) in [6.07, 6.45) is 0.919. The van der Waals surface area contributed by atoms with Gasteiger partial charge in [-0.1, -0.05) is 30.3 Å². The molecule has 1 N–H and O–H groups in total. The summed E-state index contributed by atoms with van der Waals surface area (Å²) in [7, 11) is 0. The van der Waals surface area contributed by atoms with E-state index in [9.17, 15) is 4.79 Å². The first-order valence-electron chi connectivity index (χ1n) is 8.11. The van der Waals surface area contributed by atoms with Gasteiger partial charge in [-0.2, -0.15) is 0 Å². The molecule has 1 aromatic carbocycles. The molecule has 2 aromatic heterocycles. The number of amides is 1. The van der Waals surface area contributed by atoms with E-state index in [0.717, 1.165) is 66.5 Å². The Labute approximate surface area is 140 Å². The third-order valence-electron chi connectivity index (χ3n) is 4.40. The quantitative estimate of drug-likeness (QED) is 0.751. The Kier molecular flexibility index (Phi) is 3.65. The largest absolute Gasteiger partial charge is 0.352 e. The summed E-state index contributed by atoms with van der Waals surface area (Å²) in [6.45, 7) is 5.03. The molecule has 0 saturated carbocycles. The number of nitrogens with one attached hydrogen (secondary N) is 1. The van der Waals surface area contributed by atoms with Crippen molar-refractivity contribution in [2.45, 2.75) is 6.92 Å². The van der Waals surface area contributed by atoms with Gasteiger partial charge in [0.1, 0.15) is 11.5 Å². The van der Waals surface area contributed by atoms with Crippen molar-refractivity contribution in [1.29, 1.82) is 0 Å². The predicted octanol–water partition coefficient (Wildman–Crippen LogP) is 2.21. The second-order valence-electron chi connectivity index (χ2n) is 6.08. The molecule has 0 bridgehead atoms. The van der Waals surface area contributed by atoms with E-state index in [4.69, 9.17) is 9.97 Å². The normalized spacial score (nSPS) is 15.0. The monoisotopic (exact) mass is 321 g/mol. The number of aromatic nitrogens is 3. The molecule has 1 fully saturated rings. The van der Waals surface area contributed by atoms with Crippen LogP contribution in [0.5, 0.6) is 0 Å². The van der Waals surface area contributed by atoms with Crippen molar-refractivity contribution < 1.29 is 4.79 Å². The molecular weight excluding hydrogens is 302 g/mol. The highest BCUT2D eigenvalue weighted by atomic mass is 16.1. The minimum absolute atomic E-state index is 0.720. The average molecular weight is 321 g/mol. The Morgan fingerprint density at radius 3 is 2.54 bits per heavy atom. The molecule has 6 nitrogen and oxygen atoms in total. The number of anilines is 1. The van der Waals surface area contributed by atoms with E-state index in [1.54, 1.807) is 4.90 Å². The van der Waals surface area contributed by atoms with Crippen LogP contribution in [0.3, 0.4) is 0 Å². The van der Waals surface area contributed by atoms with Gasteiger partial charge in [0.2, 0.25) is 6.41 Å². The molecule has 1 amide bonds. The highest BCUT2D eigenvalue weighted by molar-refractivity contribution is 5.90. The Morgan fingerprint density at radius 1 is 1.08 bits per heavy atom. The van der Waals surface area contributed by atoms with Crippen molar-refractivity contribution in [2.24, 2.45) is 0 Å². The Morgan fingerprint density at radius 2 is 1.83 bits per heavy atom. The van der Waals surface area contributed by atoms with Crippen molar-refractivity contribution in [3.05, 3.63) is 42.1 Å². The summed E-state index contributed by atoms with van der Waals surface area (Å²) < 4.78 is 0. The second kappa shape index (κ2) is 5.96. The maximum absolute atomic E-state index is 10.9. The van der Waals surface area contributed by atoms with Crippen LogP contribution < -0.4 is 4.90 Å². The van der Waals surface area contributed by atoms with Gasteiger partial charge in [0.15, 0.2) is 5.82 Å². The maximum atomic E-state index is 10.9. The molecule has 0 unspecified atom stereocenters. The van der Waals surface area contributed by atoms with Gasteiger partial charge in [-0.3, -0.25) is 4.79 Å². The van der Waals surface area contributed by atoms with Gasteiger partial charge in [-0.15, -0.1) is 0 Å². The van der Waals surface area contributed by atoms with Gasteiger partial charge in [0.25, 0.3) is 0 Å². The fraction of sp³-hybridized carbons (Fsp3) is 0.278. The number of carbonyl (C=O) groups is 1. The fourth-order valence-electron chi connectivity index (χ4n) is 3.12. The molecule has 1 aliphatic heterocycles. The smallest absolute Gasteiger partial charge is 0.209 e. The summed E-state index contributed by atoms with van der Waals surface area (Å²) in [5.74, 6) is 1.66. The highest BCUT2D eigenvalue weighted by Crippen LogP contribution is 2.28. The summed E-state index contributed by atoms with van der Waals surface area (Å²) in [4.78, 5) is 27.8. The Hall–Kier alpha value is -2.89. The standard InChI is InChI=1S/C18H19N5O/c1-13-11-15-17(19-13)20-16(14-5-3-2-4-6-14)21-18(15)23-9-7-22(12-24)8-10-23/h2-6,11-12H,7-10H2,1H3,(H,19,20,21). The third-order valence-corrected chi connectivity index (χ3v) is 4.40. The molecular formula is C18H19N5O. The molecule has 6 heteroatoms. The minimum Gasteiger partial charge on any atom is -0.352 e. The molecule has 0 spiro atoms. The van der Waals surface area contributed by atoms with Gasteiger partial charge in [0.05, 0.1) is 5.39 Å². The molecule has 3 aromatic rings. The number of rotatable bonds is 3. The lowest BCUT2D eigenvalue weighted by molar-refractivity contribution is -0.118. The van der Waals surface area contributed by atoms with Crippen LogP contribution in [0.25, 0.3) is 22.4 Å². The van der Waals surface area contributed by atoms with Crippen LogP contribution in [0.2, 0.25) is 0 Å². The molecule has 4 rings (SSSR count). The van der Waals surface area contributed by atoms with Crippen molar-refractivity contribution >= 4 is 23.3 Å². The Bertz CT molecular complexity index is 866.